The molecule has 1 aromatic carbocycles. The van der Waals surface area contributed by atoms with Crippen LogP contribution in [0.25, 0.3) is 0 Å². The van der Waals surface area contributed by atoms with E-state index in [4.69, 9.17) is 9.84 Å². The first-order valence-corrected chi connectivity index (χ1v) is 8.65. The van der Waals surface area contributed by atoms with E-state index >= 15 is 0 Å². The van der Waals surface area contributed by atoms with Gasteiger partial charge in [0.1, 0.15) is 17.9 Å². The van der Waals surface area contributed by atoms with Gasteiger partial charge in [0, 0.05) is 10.6 Å². The highest BCUT2D eigenvalue weighted by Crippen LogP contribution is 2.30. The van der Waals surface area contributed by atoms with Crippen LogP contribution in [0.1, 0.15) is 16.1 Å². The minimum absolute atomic E-state index is 0.169. The first-order chi connectivity index (χ1) is 9.40. The first kappa shape index (κ1) is 16.3. The molecule has 0 saturated carbocycles. The number of hydrogen-bond acceptors (Lipinski definition) is 3. The van der Waals surface area contributed by atoms with Gasteiger partial charge in [-0.25, -0.2) is 4.79 Å². The lowest BCUT2D eigenvalue weighted by molar-refractivity contribution is 0.0693. The van der Waals surface area contributed by atoms with Crippen molar-refractivity contribution in [3.8, 4) is 5.75 Å². The van der Waals surface area contributed by atoms with E-state index in [0.717, 1.165) is 16.5 Å². The number of carboxylic acid groups (broad SMARTS) is 1. The summed E-state index contributed by atoms with van der Waals surface area (Å²) in [6.45, 7) is 0.171. The minimum atomic E-state index is -0.997. The zero-order chi connectivity index (χ0) is 14.9. The Morgan fingerprint density at radius 1 is 1.35 bits per heavy atom. The van der Waals surface area contributed by atoms with Crippen molar-refractivity contribution in [3.05, 3.63) is 40.3 Å². The van der Waals surface area contributed by atoms with Crippen LogP contribution < -0.4 is 4.74 Å². The van der Waals surface area contributed by atoms with Crippen molar-refractivity contribution in [1.82, 2.24) is 9.78 Å². The molecule has 0 amide bonds. The molecule has 8 heteroatoms. The van der Waals surface area contributed by atoms with Crippen molar-refractivity contribution in [3.63, 3.8) is 0 Å². The summed E-state index contributed by atoms with van der Waals surface area (Å²) in [6, 6.07) is 4.03. The molecule has 0 aliphatic carbocycles. The van der Waals surface area contributed by atoms with E-state index in [1.807, 2.05) is 12.1 Å². The third kappa shape index (κ3) is 3.55. The zero-order valence-corrected chi connectivity index (χ0v) is 16.7. The summed E-state index contributed by atoms with van der Waals surface area (Å²) in [5, 5.41) is 13.1. The average Bonchev–Trinajstić information content (AvgIpc) is 2.69. The largest absolute Gasteiger partial charge is 0.485 e. The van der Waals surface area contributed by atoms with Crippen molar-refractivity contribution >= 4 is 73.7 Å². The van der Waals surface area contributed by atoms with Gasteiger partial charge in [0.25, 0.3) is 0 Å². The molecule has 5 nitrogen and oxygen atoms in total. The summed E-state index contributed by atoms with van der Waals surface area (Å²) >= 11 is 6.67. The molecule has 1 aromatic heterocycles. The molecule has 0 radical (unpaired) electrons. The van der Waals surface area contributed by atoms with Crippen molar-refractivity contribution in [2.45, 2.75) is 6.61 Å². The van der Waals surface area contributed by atoms with E-state index < -0.39 is 5.97 Å². The van der Waals surface area contributed by atoms with Gasteiger partial charge in [0.05, 0.1) is 19.0 Å². The number of carbonyl (C=O) groups is 1. The third-order valence-electron chi connectivity index (χ3n) is 2.61. The Morgan fingerprint density at radius 3 is 2.50 bits per heavy atom. The molecule has 2 rings (SSSR count). The van der Waals surface area contributed by atoms with E-state index in [2.05, 4.69) is 72.9 Å². The van der Waals surface area contributed by atoms with Gasteiger partial charge in [-0.3, -0.25) is 4.68 Å². The lowest BCUT2D eigenvalue weighted by Crippen LogP contribution is -2.09. The van der Waals surface area contributed by atoms with Gasteiger partial charge in [-0.1, -0.05) is 0 Å². The van der Waals surface area contributed by atoms with E-state index in [9.17, 15) is 4.79 Å². The molecule has 0 bridgehead atoms. The number of aromatic carboxylic acids is 1. The molecule has 0 fully saturated rings. The number of aromatic nitrogens is 2. The second kappa shape index (κ2) is 6.77. The molecule has 0 atom stereocenters. The molecule has 0 aliphatic rings. The standard InChI is InChI=1S/C12H9I3N2O3/c1-17-10(7(4-16-17)12(18)19)5-20-11-8(14)2-6(13)3-9(11)15/h2-4H,5H2,1H3,(H,18,19). The van der Waals surface area contributed by atoms with E-state index in [1.54, 1.807) is 7.05 Å². The predicted molar refractivity (Wildman–Crippen MR) is 99.1 cm³/mol. The summed E-state index contributed by atoms with van der Waals surface area (Å²) in [7, 11) is 1.70. The van der Waals surface area contributed by atoms with Gasteiger partial charge in [0.2, 0.25) is 0 Å². The number of aryl methyl sites for hydroxylation is 1. The van der Waals surface area contributed by atoms with E-state index in [0.29, 0.717) is 5.69 Å². The highest BCUT2D eigenvalue weighted by Gasteiger charge is 2.17. The topological polar surface area (TPSA) is 64.4 Å². The minimum Gasteiger partial charge on any atom is -0.485 e. The molecule has 2 aromatic rings. The SMILES string of the molecule is Cn1ncc(C(=O)O)c1COc1c(I)cc(I)cc1I. The molecule has 20 heavy (non-hydrogen) atoms. The first-order valence-electron chi connectivity index (χ1n) is 5.41. The van der Waals surface area contributed by atoms with Crippen LogP contribution in [0.2, 0.25) is 0 Å². The number of rotatable bonds is 4. The van der Waals surface area contributed by atoms with Crippen molar-refractivity contribution in [2.75, 3.05) is 0 Å². The average molecular weight is 610 g/mol. The normalized spacial score (nSPS) is 10.6. The van der Waals surface area contributed by atoms with Crippen LogP contribution in [-0.2, 0) is 13.7 Å². The van der Waals surface area contributed by atoms with Crippen LogP contribution in [0.15, 0.2) is 18.3 Å². The lowest BCUT2D eigenvalue weighted by atomic mass is 10.2. The molecule has 0 aliphatic heterocycles. The van der Waals surface area contributed by atoms with Crippen molar-refractivity contribution < 1.29 is 14.6 Å². The Balaban J connectivity index is 2.26. The molecule has 1 heterocycles. The number of carboxylic acids is 1. The van der Waals surface area contributed by atoms with Gasteiger partial charge in [0.15, 0.2) is 0 Å². The quantitative estimate of drug-likeness (QED) is 0.539. The fraction of sp³-hybridized carbons (Fsp3) is 0.167. The van der Waals surface area contributed by atoms with Gasteiger partial charge in [-0.2, -0.15) is 5.10 Å². The highest BCUT2D eigenvalue weighted by molar-refractivity contribution is 14.1. The fourth-order valence-electron chi connectivity index (χ4n) is 1.62. The third-order valence-corrected chi connectivity index (χ3v) is 4.83. The second-order valence-electron chi connectivity index (χ2n) is 3.92. The Hall–Kier alpha value is -0.110. The van der Waals surface area contributed by atoms with Gasteiger partial charge < -0.3 is 9.84 Å². The maximum atomic E-state index is 11.1. The summed E-state index contributed by atoms with van der Waals surface area (Å²) in [5.41, 5.74) is 0.714. The highest BCUT2D eigenvalue weighted by atomic mass is 127. The Labute approximate surface area is 156 Å². The van der Waals surface area contributed by atoms with Crippen molar-refractivity contribution in [2.24, 2.45) is 7.05 Å². The van der Waals surface area contributed by atoms with E-state index in [1.165, 1.54) is 10.9 Å². The van der Waals surface area contributed by atoms with Gasteiger partial charge in [-0.15, -0.1) is 0 Å². The molecular weight excluding hydrogens is 601 g/mol. The van der Waals surface area contributed by atoms with Gasteiger partial charge >= 0.3 is 5.97 Å². The Bertz CT molecular complexity index is 647. The Kier molecular flexibility index (Phi) is 5.50. The monoisotopic (exact) mass is 610 g/mol. The van der Waals surface area contributed by atoms with Crippen LogP contribution in [0, 0.1) is 10.7 Å². The number of hydrogen-bond donors (Lipinski definition) is 1. The summed E-state index contributed by atoms with van der Waals surface area (Å²) in [4.78, 5) is 11.1. The summed E-state index contributed by atoms with van der Waals surface area (Å²) < 4.78 is 10.5. The molecule has 0 unspecified atom stereocenters. The van der Waals surface area contributed by atoms with Crippen LogP contribution in [0.3, 0.4) is 0 Å². The number of halogens is 3. The number of benzene rings is 1. The molecule has 1 N–H and O–H groups in total. The van der Waals surface area contributed by atoms with Crippen LogP contribution in [0.4, 0.5) is 0 Å². The second-order valence-corrected chi connectivity index (χ2v) is 7.49. The number of ether oxygens (including phenoxy) is 1. The zero-order valence-electron chi connectivity index (χ0n) is 10.2. The number of nitrogens with zero attached hydrogens (tertiary/aromatic N) is 2. The smallest absolute Gasteiger partial charge is 0.339 e. The van der Waals surface area contributed by atoms with Crippen LogP contribution in [-0.4, -0.2) is 20.9 Å². The Morgan fingerprint density at radius 2 is 1.95 bits per heavy atom. The summed E-state index contributed by atoms with van der Waals surface area (Å²) in [6.07, 6.45) is 1.34. The maximum Gasteiger partial charge on any atom is 0.339 e. The fourth-order valence-corrected chi connectivity index (χ4v) is 5.51. The maximum absolute atomic E-state index is 11.1. The lowest BCUT2D eigenvalue weighted by Gasteiger charge is -2.11. The van der Waals surface area contributed by atoms with E-state index in [-0.39, 0.29) is 12.2 Å². The molecule has 0 spiro atoms. The molecular formula is C12H9I3N2O3. The van der Waals surface area contributed by atoms with Crippen LogP contribution in [0.5, 0.6) is 5.75 Å². The summed E-state index contributed by atoms with van der Waals surface area (Å²) in [5.74, 6) is -0.229. The van der Waals surface area contributed by atoms with Crippen LogP contribution >= 0.6 is 67.8 Å². The molecule has 0 saturated heterocycles. The molecule has 106 valence electrons. The van der Waals surface area contributed by atoms with Gasteiger partial charge in [-0.05, 0) is 79.9 Å². The van der Waals surface area contributed by atoms with Crippen molar-refractivity contribution in [1.29, 1.82) is 0 Å². The predicted octanol–water partition coefficient (Wildman–Crippen LogP) is 3.51.